The van der Waals surface area contributed by atoms with E-state index in [1.807, 2.05) is 0 Å². The average molecular weight is 228 g/mol. The molecule has 1 saturated heterocycles. The number of hydrogen-bond donors (Lipinski definition) is 1. The van der Waals surface area contributed by atoms with Gasteiger partial charge in [-0.05, 0) is 38.8 Å². The van der Waals surface area contributed by atoms with Crippen LogP contribution in [-0.2, 0) is 4.74 Å². The third-order valence-corrected chi connectivity index (χ3v) is 4.07. The van der Waals surface area contributed by atoms with Gasteiger partial charge < -0.3 is 10.1 Å². The molecule has 0 amide bonds. The first-order chi connectivity index (χ1) is 7.60. The Morgan fingerprint density at radius 2 is 2.12 bits per heavy atom. The molecule has 4 atom stereocenters. The van der Waals surface area contributed by atoms with E-state index >= 15 is 0 Å². The third kappa shape index (κ3) is 3.44. The molecule has 3 nitrogen and oxygen atoms in total. The second kappa shape index (κ2) is 6.58. The molecule has 0 bridgehead atoms. The molecule has 0 saturated carbocycles. The lowest BCUT2D eigenvalue weighted by atomic mass is 9.86. The van der Waals surface area contributed by atoms with E-state index < -0.39 is 0 Å². The number of rotatable bonds is 5. The van der Waals surface area contributed by atoms with Gasteiger partial charge >= 0.3 is 0 Å². The summed E-state index contributed by atoms with van der Waals surface area (Å²) in [5.41, 5.74) is 0. The van der Waals surface area contributed by atoms with Crippen molar-refractivity contribution in [3.63, 3.8) is 0 Å². The monoisotopic (exact) mass is 228 g/mol. The molecule has 3 heteroatoms. The minimum absolute atomic E-state index is 0.630. The van der Waals surface area contributed by atoms with Crippen LogP contribution in [0, 0.1) is 11.8 Å². The first-order valence-corrected chi connectivity index (χ1v) is 6.50. The van der Waals surface area contributed by atoms with Crippen LogP contribution in [0.4, 0.5) is 0 Å². The molecule has 1 aliphatic heterocycles. The van der Waals surface area contributed by atoms with E-state index in [1.54, 1.807) is 7.11 Å². The lowest BCUT2D eigenvalue weighted by Crippen LogP contribution is -2.53. The molecule has 0 aromatic rings. The SMILES string of the molecule is CNC1CCN(CC(C)COC)C(C)C1C. The molecule has 1 heterocycles. The van der Waals surface area contributed by atoms with Crippen molar-refractivity contribution in [2.45, 2.75) is 39.3 Å². The van der Waals surface area contributed by atoms with Crippen molar-refractivity contribution >= 4 is 0 Å². The quantitative estimate of drug-likeness (QED) is 0.773. The van der Waals surface area contributed by atoms with Gasteiger partial charge in [-0.2, -0.15) is 0 Å². The number of likely N-dealkylation sites (tertiary alicyclic amines) is 1. The second-order valence-corrected chi connectivity index (χ2v) is 5.34. The Morgan fingerprint density at radius 3 is 2.69 bits per heavy atom. The highest BCUT2D eigenvalue weighted by atomic mass is 16.5. The molecule has 0 radical (unpaired) electrons. The lowest BCUT2D eigenvalue weighted by Gasteiger charge is -2.43. The van der Waals surface area contributed by atoms with E-state index in [0.29, 0.717) is 18.0 Å². The smallest absolute Gasteiger partial charge is 0.0500 e. The predicted molar refractivity (Wildman–Crippen MR) is 68.7 cm³/mol. The van der Waals surface area contributed by atoms with E-state index in [2.05, 4.69) is 38.0 Å². The largest absolute Gasteiger partial charge is 0.384 e. The maximum absolute atomic E-state index is 5.21. The summed E-state index contributed by atoms with van der Waals surface area (Å²) in [6.07, 6.45) is 1.27. The van der Waals surface area contributed by atoms with E-state index in [9.17, 15) is 0 Å². The van der Waals surface area contributed by atoms with Gasteiger partial charge in [0.05, 0.1) is 0 Å². The summed E-state index contributed by atoms with van der Waals surface area (Å²) in [5.74, 6) is 1.36. The summed E-state index contributed by atoms with van der Waals surface area (Å²) in [4.78, 5) is 2.61. The average Bonchev–Trinajstić information content (AvgIpc) is 2.25. The van der Waals surface area contributed by atoms with Gasteiger partial charge in [0.15, 0.2) is 0 Å². The van der Waals surface area contributed by atoms with E-state index in [0.717, 1.165) is 19.1 Å². The van der Waals surface area contributed by atoms with Gasteiger partial charge in [-0.25, -0.2) is 0 Å². The van der Waals surface area contributed by atoms with Gasteiger partial charge in [0.1, 0.15) is 0 Å². The van der Waals surface area contributed by atoms with Crippen LogP contribution in [0.15, 0.2) is 0 Å². The first-order valence-electron chi connectivity index (χ1n) is 6.50. The van der Waals surface area contributed by atoms with Crippen LogP contribution in [0.5, 0.6) is 0 Å². The summed E-state index contributed by atoms with van der Waals surface area (Å²) in [6.45, 7) is 10.2. The van der Waals surface area contributed by atoms with Crippen molar-refractivity contribution in [1.82, 2.24) is 10.2 Å². The van der Waals surface area contributed by atoms with Crippen molar-refractivity contribution < 1.29 is 4.74 Å². The van der Waals surface area contributed by atoms with E-state index in [4.69, 9.17) is 4.74 Å². The highest BCUT2D eigenvalue weighted by Gasteiger charge is 2.31. The highest BCUT2D eigenvalue weighted by molar-refractivity contribution is 4.88. The minimum atomic E-state index is 0.630. The summed E-state index contributed by atoms with van der Waals surface area (Å²) < 4.78 is 5.21. The van der Waals surface area contributed by atoms with Gasteiger partial charge in [-0.15, -0.1) is 0 Å². The zero-order valence-corrected chi connectivity index (χ0v) is 11.5. The van der Waals surface area contributed by atoms with Gasteiger partial charge in [0.25, 0.3) is 0 Å². The van der Waals surface area contributed by atoms with Crippen molar-refractivity contribution in [2.75, 3.05) is 33.9 Å². The molecule has 0 aromatic carbocycles. The number of ether oxygens (including phenoxy) is 1. The Kier molecular flexibility index (Phi) is 5.73. The van der Waals surface area contributed by atoms with Crippen molar-refractivity contribution in [3.8, 4) is 0 Å². The van der Waals surface area contributed by atoms with Gasteiger partial charge in [0, 0.05) is 32.3 Å². The first kappa shape index (κ1) is 13.9. The molecule has 96 valence electrons. The molecule has 1 fully saturated rings. The lowest BCUT2D eigenvalue weighted by molar-refractivity contribution is 0.0564. The molecule has 0 spiro atoms. The summed E-state index contributed by atoms with van der Waals surface area (Å²) in [6, 6.07) is 1.36. The number of nitrogens with zero attached hydrogens (tertiary/aromatic N) is 1. The van der Waals surface area contributed by atoms with Gasteiger partial charge in [-0.1, -0.05) is 13.8 Å². The van der Waals surface area contributed by atoms with Crippen LogP contribution in [0.1, 0.15) is 27.2 Å². The van der Waals surface area contributed by atoms with Crippen LogP contribution in [0.3, 0.4) is 0 Å². The summed E-state index contributed by atoms with van der Waals surface area (Å²) >= 11 is 0. The molecular formula is C13H28N2O. The molecule has 0 aromatic heterocycles. The van der Waals surface area contributed by atoms with Gasteiger partial charge in [0.2, 0.25) is 0 Å². The zero-order valence-electron chi connectivity index (χ0n) is 11.5. The molecule has 16 heavy (non-hydrogen) atoms. The molecule has 1 aliphatic rings. The van der Waals surface area contributed by atoms with Crippen LogP contribution in [-0.4, -0.2) is 50.8 Å². The van der Waals surface area contributed by atoms with Crippen LogP contribution < -0.4 is 5.32 Å². The second-order valence-electron chi connectivity index (χ2n) is 5.34. The highest BCUT2D eigenvalue weighted by Crippen LogP contribution is 2.24. The standard InChI is InChI=1S/C13H28N2O/c1-10(9-16-5)8-15-7-6-13(14-4)11(2)12(15)3/h10-14H,6-9H2,1-5H3. The van der Waals surface area contributed by atoms with Crippen LogP contribution in [0.2, 0.25) is 0 Å². The molecule has 4 unspecified atom stereocenters. The number of hydrogen-bond acceptors (Lipinski definition) is 3. The summed E-state index contributed by atoms with van der Waals surface area (Å²) in [7, 11) is 3.87. The Morgan fingerprint density at radius 1 is 1.44 bits per heavy atom. The zero-order chi connectivity index (χ0) is 12.1. The summed E-state index contributed by atoms with van der Waals surface area (Å²) in [5, 5.41) is 3.43. The Labute approximate surface area is 101 Å². The fourth-order valence-corrected chi connectivity index (χ4v) is 2.84. The van der Waals surface area contributed by atoms with Crippen LogP contribution in [0.25, 0.3) is 0 Å². The minimum Gasteiger partial charge on any atom is -0.384 e. The maximum atomic E-state index is 5.21. The fraction of sp³-hybridized carbons (Fsp3) is 1.00. The topological polar surface area (TPSA) is 24.5 Å². The Hall–Kier alpha value is -0.120. The molecular weight excluding hydrogens is 200 g/mol. The maximum Gasteiger partial charge on any atom is 0.0500 e. The fourth-order valence-electron chi connectivity index (χ4n) is 2.84. The number of methoxy groups -OCH3 is 1. The van der Waals surface area contributed by atoms with Crippen molar-refractivity contribution in [3.05, 3.63) is 0 Å². The molecule has 1 N–H and O–H groups in total. The Balaban J connectivity index is 2.44. The normalized spacial score (nSPS) is 33.9. The van der Waals surface area contributed by atoms with Crippen molar-refractivity contribution in [2.24, 2.45) is 11.8 Å². The third-order valence-electron chi connectivity index (χ3n) is 4.07. The Bertz CT molecular complexity index is 198. The van der Waals surface area contributed by atoms with E-state index in [1.165, 1.54) is 13.0 Å². The number of nitrogens with one attached hydrogen (secondary N) is 1. The van der Waals surface area contributed by atoms with Crippen molar-refractivity contribution in [1.29, 1.82) is 0 Å². The van der Waals surface area contributed by atoms with E-state index in [-0.39, 0.29) is 0 Å². The predicted octanol–water partition coefficient (Wildman–Crippen LogP) is 1.59. The molecule has 1 rings (SSSR count). The van der Waals surface area contributed by atoms with Gasteiger partial charge in [-0.3, -0.25) is 4.90 Å². The van der Waals surface area contributed by atoms with Crippen LogP contribution >= 0.6 is 0 Å². The number of piperidine rings is 1. The molecule has 0 aliphatic carbocycles.